The molecular formula is C23H29NO4. The van der Waals surface area contributed by atoms with Gasteiger partial charge in [0, 0.05) is 13.1 Å². The molecule has 1 saturated heterocycles. The van der Waals surface area contributed by atoms with Crippen molar-refractivity contribution in [1.29, 1.82) is 0 Å². The van der Waals surface area contributed by atoms with Gasteiger partial charge in [0.1, 0.15) is 0 Å². The van der Waals surface area contributed by atoms with E-state index in [1.807, 2.05) is 57.2 Å². The van der Waals surface area contributed by atoms with Crippen LogP contribution in [-0.2, 0) is 9.53 Å². The van der Waals surface area contributed by atoms with Gasteiger partial charge in [0.2, 0.25) is 6.41 Å². The number of rotatable bonds is 5. The van der Waals surface area contributed by atoms with Gasteiger partial charge in [-0.15, -0.1) is 0 Å². The van der Waals surface area contributed by atoms with E-state index in [1.165, 1.54) is 0 Å². The molecule has 0 spiro atoms. The number of hydrogen-bond donors (Lipinski definition) is 2. The van der Waals surface area contributed by atoms with E-state index >= 15 is 0 Å². The molecule has 1 aliphatic rings. The summed E-state index contributed by atoms with van der Waals surface area (Å²) in [5.74, 6) is -1.54. The smallest absolute Gasteiger partial charge is 0.308 e. The van der Waals surface area contributed by atoms with Crippen molar-refractivity contribution in [3.8, 4) is 11.1 Å². The molecule has 0 aromatic heterocycles. The van der Waals surface area contributed by atoms with Crippen LogP contribution in [0.15, 0.2) is 54.6 Å². The SMILES string of the molecule is CC(C)(C)OC(O)N1CC[C@H](c2cccc(-c3ccccc3)c2)C(C(=O)O)C1. The zero-order valence-electron chi connectivity index (χ0n) is 16.7. The second-order valence-corrected chi connectivity index (χ2v) is 8.38. The molecule has 5 heteroatoms. The fourth-order valence-electron chi connectivity index (χ4n) is 3.80. The highest BCUT2D eigenvalue weighted by Crippen LogP contribution is 2.36. The molecule has 1 fully saturated rings. The second kappa shape index (κ2) is 8.43. The third kappa shape index (κ3) is 4.98. The van der Waals surface area contributed by atoms with Crippen LogP contribution in [0.25, 0.3) is 11.1 Å². The minimum absolute atomic E-state index is 0.0979. The molecule has 2 N–H and O–H groups in total. The van der Waals surface area contributed by atoms with Crippen molar-refractivity contribution in [3.05, 3.63) is 60.2 Å². The molecule has 0 radical (unpaired) electrons. The number of hydrogen-bond acceptors (Lipinski definition) is 4. The average molecular weight is 383 g/mol. The fraction of sp³-hybridized carbons (Fsp3) is 0.435. The van der Waals surface area contributed by atoms with E-state index < -0.39 is 23.9 Å². The number of likely N-dealkylation sites (tertiary alicyclic amines) is 1. The summed E-state index contributed by atoms with van der Waals surface area (Å²) in [7, 11) is 0. The number of ether oxygens (including phenoxy) is 1. The van der Waals surface area contributed by atoms with Crippen LogP contribution < -0.4 is 0 Å². The third-order valence-corrected chi connectivity index (χ3v) is 5.15. The Labute approximate surface area is 166 Å². The largest absolute Gasteiger partial charge is 0.481 e. The first-order valence-electron chi connectivity index (χ1n) is 9.73. The number of benzene rings is 2. The molecule has 2 unspecified atom stereocenters. The summed E-state index contributed by atoms with van der Waals surface area (Å²) in [4.78, 5) is 13.7. The first kappa shape index (κ1) is 20.5. The maximum absolute atomic E-state index is 12.0. The van der Waals surface area contributed by atoms with Gasteiger partial charge in [0.25, 0.3) is 0 Å². The van der Waals surface area contributed by atoms with Crippen LogP contribution in [0, 0.1) is 5.92 Å². The maximum atomic E-state index is 12.0. The van der Waals surface area contributed by atoms with E-state index in [0.717, 1.165) is 16.7 Å². The van der Waals surface area contributed by atoms with Gasteiger partial charge in [-0.2, -0.15) is 0 Å². The first-order valence-corrected chi connectivity index (χ1v) is 9.73. The van der Waals surface area contributed by atoms with Gasteiger partial charge >= 0.3 is 5.97 Å². The highest BCUT2D eigenvalue weighted by atomic mass is 16.6. The number of nitrogens with zero attached hydrogens (tertiary/aromatic N) is 1. The molecule has 1 heterocycles. The van der Waals surface area contributed by atoms with Crippen LogP contribution >= 0.6 is 0 Å². The Balaban J connectivity index is 1.80. The second-order valence-electron chi connectivity index (χ2n) is 8.38. The summed E-state index contributed by atoms with van der Waals surface area (Å²) in [5.41, 5.74) is 2.72. The lowest BCUT2D eigenvalue weighted by atomic mass is 9.80. The molecule has 0 saturated carbocycles. The van der Waals surface area contributed by atoms with Crippen LogP contribution in [0.3, 0.4) is 0 Å². The molecule has 0 bridgehead atoms. The quantitative estimate of drug-likeness (QED) is 0.766. The lowest BCUT2D eigenvalue weighted by Gasteiger charge is -2.40. The van der Waals surface area contributed by atoms with E-state index in [4.69, 9.17) is 4.74 Å². The fourth-order valence-corrected chi connectivity index (χ4v) is 3.80. The van der Waals surface area contributed by atoms with Crippen molar-refractivity contribution in [2.45, 2.75) is 45.1 Å². The third-order valence-electron chi connectivity index (χ3n) is 5.15. The molecule has 2 aromatic rings. The van der Waals surface area contributed by atoms with E-state index in [0.29, 0.717) is 13.0 Å². The highest BCUT2D eigenvalue weighted by Gasteiger charge is 2.38. The number of carboxylic acid groups (broad SMARTS) is 1. The van der Waals surface area contributed by atoms with Gasteiger partial charge in [-0.25, -0.2) is 0 Å². The molecule has 3 rings (SSSR count). The molecule has 2 aromatic carbocycles. The molecule has 150 valence electrons. The van der Waals surface area contributed by atoms with Gasteiger partial charge in [-0.1, -0.05) is 54.6 Å². The number of aliphatic carboxylic acids is 1. The van der Waals surface area contributed by atoms with Crippen LogP contribution in [0.4, 0.5) is 0 Å². The van der Waals surface area contributed by atoms with Crippen molar-refractivity contribution in [3.63, 3.8) is 0 Å². The van der Waals surface area contributed by atoms with Crippen molar-refractivity contribution in [2.24, 2.45) is 5.92 Å². The van der Waals surface area contributed by atoms with Gasteiger partial charge in [-0.3, -0.25) is 9.69 Å². The Kier molecular flexibility index (Phi) is 6.18. The highest BCUT2D eigenvalue weighted by molar-refractivity contribution is 5.72. The summed E-state index contributed by atoms with van der Waals surface area (Å²) in [5, 5.41) is 20.2. The predicted octanol–water partition coefficient (Wildman–Crippen LogP) is 3.93. The monoisotopic (exact) mass is 383 g/mol. The lowest BCUT2D eigenvalue weighted by Crippen LogP contribution is -2.50. The molecule has 3 atom stereocenters. The molecule has 0 amide bonds. The molecular weight excluding hydrogens is 354 g/mol. The van der Waals surface area contributed by atoms with Crippen LogP contribution in [0.5, 0.6) is 0 Å². The zero-order valence-corrected chi connectivity index (χ0v) is 16.7. The normalized spacial score (nSPS) is 22.0. The molecule has 28 heavy (non-hydrogen) atoms. The van der Waals surface area contributed by atoms with Crippen LogP contribution in [-0.4, -0.2) is 46.2 Å². The average Bonchev–Trinajstić information content (AvgIpc) is 2.67. The van der Waals surface area contributed by atoms with E-state index in [9.17, 15) is 15.0 Å². The van der Waals surface area contributed by atoms with Crippen LogP contribution in [0.2, 0.25) is 0 Å². The Morgan fingerprint density at radius 2 is 1.79 bits per heavy atom. The summed E-state index contributed by atoms with van der Waals surface area (Å²) >= 11 is 0. The van der Waals surface area contributed by atoms with Crippen molar-refractivity contribution in [2.75, 3.05) is 13.1 Å². The Bertz CT molecular complexity index is 800. The van der Waals surface area contributed by atoms with Crippen molar-refractivity contribution in [1.82, 2.24) is 4.90 Å². The minimum Gasteiger partial charge on any atom is -0.481 e. The van der Waals surface area contributed by atoms with E-state index in [1.54, 1.807) is 4.90 Å². The van der Waals surface area contributed by atoms with Gasteiger partial charge < -0.3 is 14.9 Å². The van der Waals surface area contributed by atoms with Gasteiger partial charge in [0.05, 0.1) is 11.5 Å². The summed E-state index contributed by atoms with van der Waals surface area (Å²) in [6.07, 6.45) is -0.446. The van der Waals surface area contributed by atoms with Crippen molar-refractivity contribution < 1.29 is 19.7 Å². The first-order chi connectivity index (χ1) is 13.2. The minimum atomic E-state index is -1.10. The van der Waals surface area contributed by atoms with Crippen LogP contribution in [0.1, 0.15) is 38.7 Å². The Morgan fingerprint density at radius 1 is 1.11 bits per heavy atom. The predicted molar refractivity (Wildman–Crippen MR) is 109 cm³/mol. The molecule has 0 aliphatic carbocycles. The summed E-state index contributed by atoms with van der Waals surface area (Å²) < 4.78 is 5.61. The lowest BCUT2D eigenvalue weighted by molar-refractivity contribution is -0.245. The Hall–Kier alpha value is -2.21. The Morgan fingerprint density at radius 3 is 2.43 bits per heavy atom. The van der Waals surface area contributed by atoms with Crippen molar-refractivity contribution >= 4 is 5.97 Å². The summed E-state index contributed by atoms with van der Waals surface area (Å²) in [6.45, 7) is 6.44. The number of aliphatic hydroxyl groups excluding tert-OH is 1. The summed E-state index contributed by atoms with van der Waals surface area (Å²) in [6, 6.07) is 18.2. The maximum Gasteiger partial charge on any atom is 0.308 e. The van der Waals surface area contributed by atoms with Gasteiger partial charge in [-0.05, 0) is 49.8 Å². The topological polar surface area (TPSA) is 70.0 Å². The number of carbonyl (C=O) groups is 1. The van der Waals surface area contributed by atoms with E-state index in [2.05, 4.69) is 18.2 Å². The number of piperidine rings is 1. The number of aliphatic hydroxyl groups is 1. The zero-order chi connectivity index (χ0) is 20.3. The number of carboxylic acids is 1. The molecule has 5 nitrogen and oxygen atoms in total. The van der Waals surface area contributed by atoms with E-state index in [-0.39, 0.29) is 12.5 Å². The molecule has 1 aliphatic heterocycles. The standard InChI is InChI=1S/C23H29NO4/c1-23(2,3)28-22(27)24-13-12-19(20(15-24)21(25)26)18-11-7-10-17(14-18)16-8-5-4-6-9-16/h4-11,14,19-20,22,27H,12-13,15H2,1-3H3,(H,25,26)/t19-,20?,22?/m1/s1. The van der Waals surface area contributed by atoms with Gasteiger partial charge in [0.15, 0.2) is 0 Å².